The van der Waals surface area contributed by atoms with Crippen molar-refractivity contribution < 1.29 is 0 Å². The number of hydrogen-bond donors (Lipinski definition) is 0. The highest BCUT2D eigenvalue weighted by molar-refractivity contribution is 5.32. The first kappa shape index (κ1) is 12.9. The van der Waals surface area contributed by atoms with Crippen molar-refractivity contribution in [3.8, 4) is 0 Å². The van der Waals surface area contributed by atoms with E-state index in [4.69, 9.17) is 4.98 Å². The second-order valence-electron chi connectivity index (χ2n) is 7.74. The van der Waals surface area contributed by atoms with Crippen LogP contribution < -0.4 is 0 Å². The van der Waals surface area contributed by atoms with Crippen LogP contribution in [0.25, 0.3) is 0 Å². The van der Waals surface area contributed by atoms with E-state index in [9.17, 15) is 0 Å². The quantitative estimate of drug-likeness (QED) is 0.776. The van der Waals surface area contributed by atoms with Crippen LogP contribution in [-0.2, 0) is 18.3 Å². The van der Waals surface area contributed by atoms with Gasteiger partial charge in [-0.1, -0.05) is 13.8 Å². The lowest BCUT2D eigenvalue weighted by Gasteiger charge is -2.57. The molecule has 0 spiro atoms. The van der Waals surface area contributed by atoms with Crippen molar-refractivity contribution in [1.29, 1.82) is 0 Å². The van der Waals surface area contributed by atoms with E-state index in [1.54, 1.807) is 5.56 Å². The Morgan fingerprint density at radius 1 is 0.900 bits per heavy atom. The molecule has 4 bridgehead atoms. The smallest absolute Gasteiger partial charge is 0.0407 e. The van der Waals surface area contributed by atoms with E-state index in [0.717, 1.165) is 30.6 Å². The van der Waals surface area contributed by atoms with Gasteiger partial charge in [0, 0.05) is 11.4 Å². The van der Waals surface area contributed by atoms with Gasteiger partial charge in [-0.3, -0.25) is 4.98 Å². The van der Waals surface area contributed by atoms with Crippen molar-refractivity contribution in [2.75, 3.05) is 0 Å². The van der Waals surface area contributed by atoms with Crippen LogP contribution in [0.4, 0.5) is 0 Å². The molecule has 0 atom stereocenters. The van der Waals surface area contributed by atoms with Gasteiger partial charge in [-0.05, 0) is 92.2 Å². The molecule has 4 aliphatic carbocycles. The molecule has 1 nitrogen and oxygen atoms in total. The number of hydrogen-bond acceptors (Lipinski definition) is 1. The van der Waals surface area contributed by atoms with Gasteiger partial charge < -0.3 is 0 Å². The van der Waals surface area contributed by atoms with Gasteiger partial charge >= 0.3 is 0 Å². The summed E-state index contributed by atoms with van der Waals surface area (Å²) in [4.78, 5) is 4.80. The fourth-order valence-corrected chi connectivity index (χ4v) is 5.78. The lowest BCUT2D eigenvalue weighted by atomic mass is 9.48. The third-order valence-electron chi connectivity index (χ3n) is 6.31. The summed E-state index contributed by atoms with van der Waals surface area (Å²) in [6.45, 7) is 4.48. The van der Waals surface area contributed by atoms with E-state index in [1.165, 1.54) is 49.9 Å². The molecule has 4 fully saturated rings. The second-order valence-corrected chi connectivity index (χ2v) is 7.74. The van der Waals surface area contributed by atoms with E-state index in [2.05, 4.69) is 26.0 Å². The number of aromatic nitrogens is 1. The topological polar surface area (TPSA) is 12.9 Å². The summed E-state index contributed by atoms with van der Waals surface area (Å²) in [7, 11) is 0. The van der Waals surface area contributed by atoms with Gasteiger partial charge in [-0.2, -0.15) is 0 Å². The Bertz CT molecular complexity index is 459. The van der Waals surface area contributed by atoms with Crippen LogP contribution in [0, 0.1) is 17.8 Å². The van der Waals surface area contributed by atoms with Crippen molar-refractivity contribution in [2.45, 2.75) is 70.6 Å². The zero-order chi connectivity index (χ0) is 13.7. The summed E-state index contributed by atoms with van der Waals surface area (Å²) in [5.41, 5.74) is 4.82. The van der Waals surface area contributed by atoms with Gasteiger partial charge in [0.2, 0.25) is 0 Å². The zero-order valence-corrected chi connectivity index (χ0v) is 13.0. The summed E-state index contributed by atoms with van der Waals surface area (Å²) in [6, 6.07) is 4.90. The molecule has 1 aromatic rings. The molecule has 0 unspecified atom stereocenters. The first-order valence-corrected chi connectivity index (χ1v) is 8.71. The van der Waals surface area contributed by atoms with Crippen LogP contribution in [-0.4, -0.2) is 4.98 Å². The van der Waals surface area contributed by atoms with Crippen LogP contribution in [0.5, 0.6) is 0 Å². The van der Waals surface area contributed by atoms with Crippen LogP contribution in [0.1, 0.15) is 69.3 Å². The SMILES string of the molecule is CCc1cc(C23CC4CC(CC(C4)C2)C3)cc(CC)n1. The first-order valence-electron chi connectivity index (χ1n) is 8.71. The molecule has 1 heteroatoms. The average Bonchev–Trinajstić information content (AvgIpc) is 2.45. The number of nitrogens with zero attached hydrogens (tertiary/aromatic N) is 1. The van der Waals surface area contributed by atoms with Crippen molar-refractivity contribution >= 4 is 0 Å². The average molecular weight is 269 g/mol. The van der Waals surface area contributed by atoms with Crippen molar-refractivity contribution in [1.82, 2.24) is 4.98 Å². The van der Waals surface area contributed by atoms with Crippen LogP contribution in [0.2, 0.25) is 0 Å². The Labute approximate surface area is 123 Å². The molecule has 20 heavy (non-hydrogen) atoms. The van der Waals surface area contributed by atoms with Crippen LogP contribution >= 0.6 is 0 Å². The number of pyridine rings is 1. The van der Waals surface area contributed by atoms with E-state index < -0.39 is 0 Å². The molecule has 0 saturated heterocycles. The standard InChI is InChI=1S/C19H27N/c1-3-17-8-16(9-18(4-2)20-17)19-10-13-5-14(11-19)7-15(6-13)12-19/h8-9,13-15H,3-7,10-12H2,1-2H3. The minimum atomic E-state index is 0.533. The van der Waals surface area contributed by atoms with Crippen LogP contribution in [0.15, 0.2) is 12.1 Å². The maximum Gasteiger partial charge on any atom is 0.0407 e. The Balaban J connectivity index is 1.76. The molecule has 1 heterocycles. The molecule has 0 aliphatic heterocycles. The van der Waals surface area contributed by atoms with Gasteiger partial charge in [0.15, 0.2) is 0 Å². The van der Waals surface area contributed by atoms with Gasteiger partial charge in [0.05, 0.1) is 0 Å². The molecule has 0 N–H and O–H groups in total. The molecular formula is C19H27N. The molecular weight excluding hydrogens is 242 g/mol. The van der Waals surface area contributed by atoms with Crippen molar-refractivity contribution in [3.05, 3.63) is 29.1 Å². The Morgan fingerprint density at radius 2 is 1.35 bits per heavy atom. The summed E-state index contributed by atoms with van der Waals surface area (Å²) < 4.78 is 0. The molecule has 0 amide bonds. The predicted molar refractivity (Wildman–Crippen MR) is 82.8 cm³/mol. The molecule has 1 aromatic heterocycles. The second kappa shape index (κ2) is 4.58. The third-order valence-corrected chi connectivity index (χ3v) is 6.31. The summed E-state index contributed by atoms with van der Waals surface area (Å²) in [6.07, 6.45) is 11.2. The molecule has 5 rings (SSSR count). The zero-order valence-electron chi connectivity index (χ0n) is 13.0. The van der Waals surface area contributed by atoms with Crippen LogP contribution in [0.3, 0.4) is 0 Å². The van der Waals surface area contributed by atoms with E-state index in [1.807, 2.05) is 0 Å². The fraction of sp³-hybridized carbons (Fsp3) is 0.737. The maximum absolute atomic E-state index is 4.80. The molecule has 0 radical (unpaired) electrons. The molecule has 4 aliphatic rings. The highest BCUT2D eigenvalue weighted by Crippen LogP contribution is 2.60. The Morgan fingerprint density at radius 3 is 1.75 bits per heavy atom. The summed E-state index contributed by atoms with van der Waals surface area (Å²) in [5, 5.41) is 0. The monoisotopic (exact) mass is 269 g/mol. The fourth-order valence-electron chi connectivity index (χ4n) is 5.78. The first-order chi connectivity index (χ1) is 9.70. The number of rotatable bonds is 3. The lowest BCUT2D eigenvalue weighted by molar-refractivity contribution is -0.00529. The Kier molecular flexibility index (Phi) is 2.94. The normalized spacial score (nSPS) is 38.4. The number of aryl methyl sites for hydroxylation is 2. The Hall–Kier alpha value is -0.850. The van der Waals surface area contributed by atoms with E-state index in [0.29, 0.717) is 5.41 Å². The minimum absolute atomic E-state index is 0.533. The third kappa shape index (κ3) is 1.93. The highest BCUT2D eigenvalue weighted by Gasteiger charge is 2.51. The largest absolute Gasteiger partial charge is 0.258 e. The lowest BCUT2D eigenvalue weighted by Crippen LogP contribution is -2.48. The molecule has 4 saturated carbocycles. The van der Waals surface area contributed by atoms with Gasteiger partial charge in [0.1, 0.15) is 0 Å². The minimum Gasteiger partial charge on any atom is -0.258 e. The molecule has 0 aromatic carbocycles. The summed E-state index contributed by atoms with van der Waals surface area (Å²) in [5.74, 6) is 3.10. The predicted octanol–water partition coefficient (Wildman–Crippen LogP) is 4.67. The highest BCUT2D eigenvalue weighted by atomic mass is 14.7. The van der Waals surface area contributed by atoms with Gasteiger partial charge in [-0.15, -0.1) is 0 Å². The van der Waals surface area contributed by atoms with Crippen molar-refractivity contribution in [3.63, 3.8) is 0 Å². The van der Waals surface area contributed by atoms with Gasteiger partial charge in [0.25, 0.3) is 0 Å². The van der Waals surface area contributed by atoms with Crippen molar-refractivity contribution in [2.24, 2.45) is 17.8 Å². The van der Waals surface area contributed by atoms with E-state index in [-0.39, 0.29) is 0 Å². The van der Waals surface area contributed by atoms with Gasteiger partial charge in [-0.25, -0.2) is 0 Å². The maximum atomic E-state index is 4.80. The van der Waals surface area contributed by atoms with E-state index >= 15 is 0 Å². The molecule has 108 valence electrons. The summed E-state index contributed by atoms with van der Waals surface area (Å²) >= 11 is 0.